The van der Waals surface area contributed by atoms with Crippen LogP contribution < -0.4 is 4.74 Å². The Morgan fingerprint density at radius 2 is 1.90 bits per heavy atom. The number of aromatic hydroxyl groups is 1. The molecule has 1 aromatic rings. The molecule has 2 aliphatic rings. The lowest BCUT2D eigenvalue weighted by molar-refractivity contribution is -0.125. The molecule has 3 atom stereocenters. The number of carbonyl (C=O) groups is 1. The molecular formula is C22H30O6S. The number of phenolic OH excluding ortho intramolecular Hbond substituents is 1. The van der Waals surface area contributed by atoms with Crippen LogP contribution in [0.4, 0.5) is 0 Å². The second kappa shape index (κ2) is 6.57. The van der Waals surface area contributed by atoms with E-state index in [2.05, 4.69) is 0 Å². The van der Waals surface area contributed by atoms with Gasteiger partial charge in [-0.25, -0.2) is 0 Å². The zero-order valence-electron chi connectivity index (χ0n) is 17.9. The van der Waals surface area contributed by atoms with E-state index >= 15 is 0 Å². The number of carbonyl (C=O) groups excluding carboxylic acids is 1. The number of benzene rings is 1. The van der Waals surface area contributed by atoms with E-state index in [0.29, 0.717) is 35.3 Å². The van der Waals surface area contributed by atoms with Gasteiger partial charge in [0, 0.05) is 27.5 Å². The van der Waals surface area contributed by atoms with Gasteiger partial charge in [-0.2, -0.15) is 8.42 Å². The normalized spacial score (nSPS) is 30.9. The molecule has 3 rings (SSSR count). The van der Waals surface area contributed by atoms with Crippen molar-refractivity contribution in [3.05, 3.63) is 28.8 Å². The highest BCUT2D eigenvalue weighted by molar-refractivity contribution is 7.85. The summed E-state index contributed by atoms with van der Waals surface area (Å²) < 4.78 is 38.3. The molecule has 2 aliphatic carbocycles. The van der Waals surface area contributed by atoms with E-state index in [9.17, 15) is 22.9 Å². The number of ketones is 1. The first kappa shape index (κ1) is 21.8. The first-order valence-electron chi connectivity index (χ1n) is 9.77. The summed E-state index contributed by atoms with van der Waals surface area (Å²) in [4.78, 5) is 13.3. The Bertz CT molecular complexity index is 1000. The maximum absolute atomic E-state index is 13.3. The van der Waals surface area contributed by atoms with Crippen molar-refractivity contribution in [1.29, 1.82) is 0 Å². The van der Waals surface area contributed by atoms with Crippen LogP contribution in [-0.4, -0.2) is 36.7 Å². The maximum atomic E-state index is 13.3. The molecule has 1 aromatic carbocycles. The lowest BCUT2D eigenvalue weighted by Crippen LogP contribution is -2.40. The first-order chi connectivity index (χ1) is 13.1. The van der Waals surface area contributed by atoms with E-state index in [-0.39, 0.29) is 22.9 Å². The van der Waals surface area contributed by atoms with Crippen molar-refractivity contribution in [3.8, 4) is 11.5 Å². The molecule has 3 unspecified atom stereocenters. The lowest BCUT2D eigenvalue weighted by Gasteiger charge is -2.34. The molecule has 0 radical (unpaired) electrons. The summed E-state index contributed by atoms with van der Waals surface area (Å²) in [5.74, 6) is -0.211. The number of Topliss-reactive ketones (excluding diaryl/α,β-unsaturated/α-hetero) is 1. The Balaban J connectivity index is 2.17. The Morgan fingerprint density at radius 1 is 1.28 bits per heavy atom. The molecule has 2 saturated carbocycles. The predicted molar refractivity (Wildman–Crippen MR) is 112 cm³/mol. The second-order valence-electron chi connectivity index (χ2n) is 9.86. The topological polar surface area (TPSA) is 101 Å². The number of fused-ring (bicyclic) bond motifs is 2. The van der Waals surface area contributed by atoms with E-state index in [1.807, 2.05) is 20.8 Å². The van der Waals surface area contributed by atoms with Gasteiger partial charge in [-0.15, -0.1) is 0 Å². The van der Waals surface area contributed by atoms with Gasteiger partial charge in [0.2, 0.25) is 0 Å². The minimum atomic E-state index is -4.24. The zero-order valence-corrected chi connectivity index (χ0v) is 18.7. The molecule has 0 aromatic heterocycles. The summed E-state index contributed by atoms with van der Waals surface area (Å²) in [6, 6.07) is 3.46. The van der Waals surface area contributed by atoms with Crippen molar-refractivity contribution in [3.63, 3.8) is 0 Å². The molecule has 0 amide bonds. The van der Waals surface area contributed by atoms with Crippen LogP contribution in [0.3, 0.4) is 0 Å². The average Bonchev–Trinajstić information content (AvgIpc) is 2.89. The molecular weight excluding hydrogens is 392 g/mol. The molecule has 0 aliphatic heterocycles. The van der Waals surface area contributed by atoms with Crippen molar-refractivity contribution in [2.24, 2.45) is 16.7 Å². The largest absolute Gasteiger partial charge is 0.507 e. The number of allylic oxidation sites excluding steroid dienone is 1. The number of phenols is 1. The van der Waals surface area contributed by atoms with Crippen molar-refractivity contribution >= 4 is 22.0 Å². The summed E-state index contributed by atoms with van der Waals surface area (Å²) in [7, 11) is -2.70. The van der Waals surface area contributed by atoms with Crippen LogP contribution in [0.2, 0.25) is 0 Å². The number of hydrogen-bond donors (Lipinski definition) is 2. The van der Waals surface area contributed by atoms with Crippen molar-refractivity contribution in [1.82, 2.24) is 0 Å². The van der Waals surface area contributed by atoms with Gasteiger partial charge < -0.3 is 9.84 Å². The third-order valence-corrected chi connectivity index (χ3v) is 8.02. The molecule has 6 nitrogen and oxygen atoms in total. The standard InChI is InChI=1S/C22H30O6S/c1-20(2,3)17-11-14(28-6)9-13(18(17)23)10-15-16-7-8-21(4,19(15)24)22(16,5)12-29(25,26)27/h9-11,16,23H,7-8,12H2,1-6H3,(H,25,26,27)/b15-10+. The van der Waals surface area contributed by atoms with Gasteiger partial charge in [-0.3, -0.25) is 9.35 Å². The van der Waals surface area contributed by atoms with Crippen molar-refractivity contribution < 1.29 is 27.6 Å². The lowest BCUT2D eigenvalue weighted by atomic mass is 9.70. The Hall–Kier alpha value is -1.86. The molecule has 2 fully saturated rings. The van der Waals surface area contributed by atoms with E-state index in [1.165, 1.54) is 0 Å². The van der Waals surface area contributed by atoms with Crippen LogP contribution in [-0.2, 0) is 20.3 Å². The second-order valence-corrected chi connectivity index (χ2v) is 11.3. The summed E-state index contributed by atoms with van der Waals surface area (Å²) in [5.41, 5.74) is -0.399. The van der Waals surface area contributed by atoms with E-state index in [4.69, 9.17) is 4.74 Å². The van der Waals surface area contributed by atoms with Crippen LogP contribution in [0, 0.1) is 16.7 Å². The van der Waals surface area contributed by atoms with Gasteiger partial charge in [0.25, 0.3) is 10.1 Å². The Kier molecular flexibility index (Phi) is 4.95. The van der Waals surface area contributed by atoms with Crippen LogP contribution in [0.1, 0.15) is 58.6 Å². The van der Waals surface area contributed by atoms with Crippen LogP contribution in [0.5, 0.6) is 11.5 Å². The molecule has 2 bridgehead atoms. The fraction of sp³-hybridized carbons (Fsp3) is 0.591. The van der Waals surface area contributed by atoms with Crippen LogP contribution in [0.25, 0.3) is 6.08 Å². The molecule has 160 valence electrons. The fourth-order valence-corrected chi connectivity index (χ4v) is 6.45. The first-order valence-corrected chi connectivity index (χ1v) is 11.4. The molecule has 7 heteroatoms. The Labute approximate surface area is 172 Å². The highest BCUT2D eigenvalue weighted by Crippen LogP contribution is 2.66. The third kappa shape index (κ3) is 3.38. The summed E-state index contributed by atoms with van der Waals surface area (Å²) in [6.07, 6.45) is 2.92. The monoisotopic (exact) mass is 422 g/mol. The fourth-order valence-electron chi connectivity index (χ4n) is 5.17. The minimum absolute atomic E-state index is 0.0861. The molecule has 29 heavy (non-hydrogen) atoms. The molecule has 0 saturated heterocycles. The SMILES string of the molecule is COc1cc(/C=C2/C(=O)C3(C)CCC2C3(C)CS(=O)(=O)O)c(O)c(C(C)(C)C)c1. The maximum Gasteiger partial charge on any atom is 0.265 e. The number of rotatable bonds is 4. The smallest absolute Gasteiger partial charge is 0.265 e. The molecule has 0 spiro atoms. The zero-order chi connectivity index (χ0) is 22.0. The highest BCUT2D eigenvalue weighted by atomic mass is 32.2. The van der Waals surface area contributed by atoms with E-state index in [0.717, 1.165) is 0 Å². The number of hydrogen-bond acceptors (Lipinski definition) is 5. The quantitative estimate of drug-likeness (QED) is 0.562. The van der Waals surface area contributed by atoms with Gasteiger partial charge >= 0.3 is 0 Å². The Morgan fingerprint density at radius 3 is 2.41 bits per heavy atom. The minimum Gasteiger partial charge on any atom is -0.507 e. The molecule has 2 N–H and O–H groups in total. The average molecular weight is 423 g/mol. The predicted octanol–water partition coefficient (Wildman–Crippen LogP) is 3.97. The van der Waals surface area contributed by atoms with E-state index in [1.54, 1.807) is 39.2 Å². The van der Waals surface area contributed by atoms with Gasteiger partial charge in [0.05, 0.1) is 12.9 Å². The van der Waals surface area contributed by atoms with Crippen LogP contribution in [0.15, 0.2) is 17.7 Å². The summed E-state index contributed by atoms with van der Waals surface area (Å²) >= 11 is 0. The molecule has 0 heterocycles. The van der Waals surface area contributed by atoms with Gasteiger partial charge in [0.15, 0.2) is 5.78 Å². The number of methoxy groups -OCH3 is 1. The summed E-state index contributed by atoms with van der Waals surface area (Å²) in [5, 5.41) is 10.9. The van der Waals surface area contributed by atoms with E-state index < -0.39 is 26.7 Å². The van der Waals surface area contributed by atoms with Gasteiger partial charge in [-0.1, -0.05) is 34.6 Å². The highest BCUT2D eigenvalue weighted by Gasteiger charge is 2.67. The number of ether oxygens (including phenoxy) is 1. The van der Waals surface area contributed by atoms with Gasteiger partial charge in [-0.05, 0) is 42.4 Å². The summed E-state index contributed by atoms with van der Waals surface area (Å²) in [6.45, 7) is 9.48. The van der Waals surface area contributed by atoms with Crippen molar-refractivity contribution in [2.45, 2.75) is 52.9 Å². The van der Waals surface area contributed by atoms with Gasteiger partial charge in [0.1, 0.15) is 11.5 Å². The van der Waals surface area contributed by atoms with Crippen molar-refractivity contribution in [2.75, 3.05) is 12.9 Å². The third-order valence-electron chi connectivity index (χ3n) is 7.05. The van der Waals surface area contributed by atoms with Crippen LogP contribution >= 0.6 is 0 Å².